The van der Waals surface area contributed by atoms with Crippen molar-refractivity contribution in [3.8, 4) is 5.75 Å². The number of phenols is 1. The summed E-state index contributed by atoms with van der Waals surface area (Å²) in [6.07, 6.45) is 0. The summed E-state index contributed by atoms with van der Waals surface area (Å²) in [5.74, 6) is -0.197. The average molecular weight is 283 g/mol. The molecule has 0 aromatic heterocycles. The molecule has 1 aliphatic rings. The second kappa shape index (κ2) is 5.39. The van der Waals surface area contributed by atoms with Crippen LogP contribution in [0.3, 0.4) is 0 Å². The molecule has 0 radical (unpaired) electrons. The van der Waals surface area contributed by atoms with Gasteiger partial charge in [0.2, 0.25) is 0 Å². The Labute approximate surface area is 118 Å². The molecule has 1 heterocycles. The lowest BCUT2D eigenvalue weighted by molar-refractivity contribution is 0.0412. The standard InChI is InChI=1S/C14H19ClN2O2/c1-9-7-17(8-10(2)16(9)3)14(19)12-5-4-11(15)6-13(12)18/h4-6,9-10,18H,7-8H2,1-3H3. The van der Waals surface area contributed by atoms with E-state index in [1.54, 1.807) is 17.0 Å². The lowest BCUT2D eigenvalue weighted by Gasteiger charge is -2.42. The quantitative estimate of drug-likeness (QED) is 0.859. The van der Waals surface area contributed by atoms with Crippen molar-refractivity contribution in [1.82, 2.24) is 9.80 Å². The molecule has 104 valence electrons. The Morgan fingerprint density at radius 2 is 1.89 bits per heavy atom. The zero-order valence-electron chi connectivity index (χ0n) is 11.4. The highest BCUT2D eigenvalue weighted by Crippen LogP contribution is 2.24. The second-order valence-corrected chi connectivity index (χ2v) is 5.67. The number of hydrogen-bond acceptors (Lipinski definition) is 3. The molecule has 1 fully saturated rings. The lowest BCUT2D eigenvalue weighted by Crippen LogP contribution is -2.56. The summed E-state index contributed by atoms with van der Waals surface area (Å²) in [5.41, 5.74) is 0.313. The van der Waals surface area contributed by atoms with Gasteiger partial charge in [0, 0.05) is 30.2 Å². The Morgan fingerprint density at radius 3 is 2.42 bits per heavy atom. The number of aromatic hydroxyl groups is 1. The van der Waals surface area contributed by atoms with Gasteiger partial charge in [-0.1, -0.05) is 11.6 Å². The van der Waals surface area contributed by atoms with Gasteiger partial charge in [0.25, 0.3) is 5.91 Å². The van der Waals surface area contributed by atoms with Crippen LogP contribution in [0.1, 0.15) is 24.2 Å². The van der Waals surface area contributed by atoms with Crippen molar-refractivity contribution in [3.63, 3.8) is 0 Å². The number of nitrogens with zero attached hydrogens (tertiary/aromatic N) is 2. The van der Waals surface area contributed by atoms with Gasteiger partial charge < -0.3 is 10.0 Å². The van der Waals surface area contributed by atoms with Gasteiger partial charge in [-0.2, -0.15) is 0 Å². The van der Waals surface area contributed by atoms with Crippen molar-refractivity contribution in [1.29, 1.82) is 0 Å². The predicted molar refractivity (Wildman–Crippen MR) is 75.7 cm³/mol. The molecule has 1 aromatic rings. The first kappa shape index (κ1) is 14.2. The van der Waals surface area contributed by atoms with Gasteiger partial charge >= 0.3 is 0 Å². The number of phenolic OH excluding ortho intramolecular Hbond substituents is 1. The summed E-state index contributed by atoms with van der Waals surface area (Å²) in [7, 11) is 2.07. The van der Waals surface area contributed by atoms with E-state index in [1.165, 1.54) is 6.07 Å². The Kier molecular flexibility index (Phi) is 4.02. The number of amides is 1. The molecule has 0 spiro atoms. The molecule has 1 N–H and O–H groups in total. The number of benzene rings is 1. The van der Waals surface area contributed by atoms with E-state index in [9.17, 15) is 9.90 Å². The molecule has 2 atom stereocenters. The maximum absolute atomic E-state index is 12.4. The highest BCUT2D eigenvalue weighted by Gasteiger charge is 2.30. The third kappa shape index (κ3) is 2.85. The maximum atomic E-state index is 12.4. The molecule has 19 heavy (non-hydrogen) atoms. The van der Waals surface area contributed by atoms with Gasteiger partial charge in [0.1, 0.15) is 5.75 Å². The molecule has 1 saturated heterocycles. The maximum Gasteiger partial charge on any atom is 0.257 e. The van der Waals surface area contributed by atoms with Crippen molar-refractivity contribution in [2.24, 2.45) is 0 Å². The smallest absolute Gasteiger partial charge is 0.257 e. The molecule has 1 aliphatic heterocycles. The van der Waals surface area contributed by atoms with E-state index in [-0.39, 0.29) is 11.7 Å². The summed E-state index contributed by atoms with van der Waals surface area (Å²) in [4.78, 5) is 16.5. The molecular formula is C14H19ClN2O2. The second-order valence-electron chi connectivity index (χ2n) is 5.24. The van der Waals surface area contributed by atoms with E-state index in [2.05, 4.69) is 25.8 Å². The van der Waals surface area contributed by atoms with Crippen molar-refractivity contribution >= 4 is 17.5 Å². The van der Waals surface area contributed by atoms with Crippen molar-refractivity contribution < 1.29 is 9.90 Å². The minimum absolute atomic E-state index is 0.0586. The molecule has 1 amide bonds. The van der Waals surface area contributed by atoms with Gasteiger partial charge in [-0.25, -0.2) is 0 Å². The average Bonchev–Trinajstić information content (AvgIpc) is 2.34. The SMILES string of the molecule is CC1CN(C(=O)c2ccc(Cl)cc2O)CC(C)N1C. The van der Waals surface area contributed by atoms with Crippen LogP contribution >= 0.6 is 11.6 Å². The van der Waals surface area contributed by atoms with Crippen LogP contribution in [-0.4, -0.2) is 53.0 Å². The summed E-state index contributed by atoms with van der Waals surface area (Å²) < 4.78 is 0. The molecule has 2 rings (SSSR count). The lowest BCUT2D eigenvalue weighted by atomic mass is 10.1. The van der Waals surface area contributed by atoms with Crippen molar-refractivity contribution in [2.45, 2.75) is 25.9 Å². The van der Waals surface area contributed by atoms with Crippen LogP contribution in [0.2, 0.25) is 5.02 Å². The van der Waals surface area contributed by atoms with Gasteiger partial charge in [0.15, 0.2) is 0 Å². The minimum atomic E-state index is -0.138. The number of piperazine rings is 1. The predicted octanol–water partition coefficient (Wildman–Crippen LogP) is 2.21. The summed E-state index contributed by atoms with van der Waals surface area (Å²) in [6, 6.07) is 5.22. The van der Waals surface area contributed by atoms with E-state index >= 15 is 0 Å². The Bertz CT molecular complexity index is 480. The van der Waals surface area contributed by atoms with Gasteiger partial charge in [0.05, 0.1) is 5.56 Å². The van der Waals surface area contributed by atoms with Gasteiger partial charge in [-0.15, -0.1) is 0 Å². The molecule has 0 aliphatic carbocycles. The van der Waals surface area contributed by atoms with E-state index in [4.69, 9.17) is 11.6 Å². The minimum Gasteiger partial charge on any atom is -0.507 e. The first-order valence-corrected chi connectivity index (χ1v) is 6.77. The number of carbonyl (C=O) groups is 1. The van der Waals surface area contributed by atoms with Crippen LogP contribution in [0.5, 0.6) is 5.75 Å². The Balaban J connectivity index is 2.20. The largest absolute Gasteiger partial charge is 0.507 e. The van der Waals surface area contributed by atoms with E-state index in [1.807, 2.05) is 0 Å². The number of halogens is 1. The normalized spacial score (nSPS) is 24.5. The number of carbonyl (C=O) groups excluding carboxylic acids is 1. The van der Waals surface area contributed by atoms with E-state index in [0.29, 0.717) is 35.8 Å². The fourth-order valence-electron chi connectivity index (χ4n) is 2.43. The fourth-order valence-corrected chi connectivity index (χ4v) is 2.59. The Hall–Kier alpha value is -1.26. The van der Waals surface area contributed by atoms with Gasteiger partial charge in [-0.3, -0.25) is 9.69 Å². The van der Waals surface area contributed by atoms with Crippen LogP contribution in [0.4, 0.5) is 0 Å². The first-order chi connectivity index (χ1) is 8.90. The third-order valence-electron chi connectivity index (χ3n) is 3.84. The number of hydrogen-bond donors (Lipinski definition) is 1. The molecule has 2 unspecified atom stereocenters. The van der Waals surface area contributed by atoms with Crippen LogP contribution in [0.25, 0.3) is 0 Å². The summed E-state index contributed by atoms with van der Waals surface area (Å²) >= 11 is 5.78. The molecule has 0 bridgehead atoms. The fraction of sp³-hybridized carbons (Fsp3) is 0.500. The van der Waals surface area contributed by atoms with Crippen LogP contribution in [-0.2, 0) is 0 Å². The van der Waals surface area contributed by atoms with Crippen LogP contribution < -0.4 is 0 Å². The molecule has 0 saturated carbocycles. The van der Waals surface area contributed by atoms with E-state index in [0.717, 1.165) is 0 Å². The third-order valence-corrected chi connectivity index (χ3v) is 4.07. The monoisotopic (exact) mass is 282 g/mol. The van der Waals surface area contributed by atoms with Crippen LogP contribution in [0, 0.1) is 0 Å². The van der Waals surface area contributed by atoms with Crippen molar-refractivity contribution in [2.75, 3.05) is 20.1 Å². The first-order valence-electron chi connectivity index (χ1n) is 6.40. The summed E-state index contributed by atoms with van der Waals surface area (Å²) in [5, 5.41) is 10.3. The topological polar surface area (TPSA) is 43.8 Å². The highest BCUT2D eigenvalue weighted by molar-refractivity contribution is 6.30. The molecule has 4 nitrogen and oxygen atoms in total. The van der Waals surface area contributed by atoms with Gasteiger partial charge in [-0.05, 0) is 39.1 Å². The Morgan fingerprint density at radius 1 is 1.32 bits per heavy atom. The van der Waals surface area contributed by atoms with E-state index < -0.39 is 0 Å². The van der Waals surface area contributed by atoms with Crippen LogP contribution in [0.15, 0.2) is 18.2 Å². The zero-order chi connectivity index (χ0) is 14.2. The highest BCUT2D eigenvalue weighted by atomic mass is 35.5. The number of likely N-dealkylation sites (N-methyl/N-ethyl adjacent to an activating group) is 1. The molecule has 1 aromatic carbocycles. The molecular weight excluding hydrogens is 264 g/mol. The zero-order valence-corrected chi connectivity index (χ0v) is 12.2. The number of rotatable bonds is 1. The molecule has 5 heteroatoms. The summed E-state index contributed by atoms with van der Waals surface area (Å²) in [6.45, 7) is 5.53. The van der Waals surface area contributed by atoms with Crippen molar-refractivity contribution in [3.05, 3.63) is 28.8 Å².